The minimum atomic E-state index is 0.0484. The Morgan fingerprint density at radius 3 is 2.80 bits per heavy atom. The van der Waals surface area contributed by atoms with Gasteiger partial charge in [0.25, 0.3) is 0 Å². The van der Waals surface area contributed by atoms with E-state index in [0.717, 1.165) is 53.3 Å². The Morgan fingerprint density at radius 2 is 2.00 bits per heavy atom. The average molecular weight is 400 g/mol. The van der Waals surface area contributed by atoms with Crippen LogP contribution in [0.5, 0.6) is 0 Å². The van der Waals surface area contributed by atoms with Crippen molar-refractivity contribution < 1.29 is 4.74 Å². The van der Waals surface area contributed by atoms with Gasteiger partial charge in [0.1, 0.15) is 5.82 Å². The van der Waals surface area contributed by atoms with Crippen molar-refractivity contribution in [1.82, 2.24) is 24.7 Å². The van der Waals surface area contributed by atoms with Gasteiger partial charge in [0.15, 0.2) is 5.82 Å². The van der Waals surface area contributed by atoms with Crippen LogP contribution in [-0.2, 0) is 11.3 Å². The summed E-state index contributed by atoms with van der Waals surface area (Å²) in [6, 6.07) is 14.2. The van der Waals surface area contributed by atoms with Gasteiger partial charge in [0.2, 0.25) is 0 Å². The Hall–Kier alpha value is -3.32. The van der Waals surface area contributed by atoms with Crippen LogP contribution >= 0.6 is 0 Å². The number of anilines is 1. The third-order valence-electron chi connectivity index (χ3n) is 5.42. The Labute approximate surface area is 175 Å². The minimum absolute atomic E-state index is 0.0484. The van der Waals surface area contributed by atoms with Crippen LogP contribution in [0.2, 0.25) is 0 Å². The molecule has 7 heteroatoms. The maximum Gasteiger partial charge on any atom is 0.163 e. The van der Waals surface area contributed by atoms with Gasteiger partial charge in [0.05, 0.1) is 30.5 Å². The van der Waals surface area contributed by atoms with Crippen LogP contribution in [0, 0.1) is 13.8 Å². The first-order chi connectivity index (χ1) is 14.7. The molecule has 0 spiro atoms. The van der Waals surface area contributed by atoms with E-state index >= 15 is 0 Å². The Bertz CT molecular complexity index is 1170. The first kappa shape index (κ1) is 18.7. The number of morpholine rings is 1. The van der Waals surface area contributed by atoms with Crippen LogP contribution in [0.3, 0.4) is 0 Å². The molecular weight excluding hydrogens is 376 g/mol. The molecule has 3 aromatic heterocycles. The van der Waals surface area contributed by atoms with Gasteiger partial charge in [-0.3, -0.25) is 9.67 Å². The molecule has 0 bridgehead atoms. The molecule has 1 aliphatic heterocycles. The molecule has 4 aromatic rings. The number of pyridine rings is 1. The predicted molar refractivity (Wildman–Crippen MR) is 116 cm³/mol. The molecule has 1 unspecified atom stereocenters. The molecule has 0 radical (unpaired) electrons. The van der Waals surface area contributed by atoms with Gasteiger partial charge in [-0.05, 0) is 44.2 Å². The topological polar surface area (TPSA) is 69.0 Å². The number of ether oxygens (including phenoxy) is 1. The largest absolute Gasteiger partial charge is 0.373 e. The quantitative estimate of drug-likeness (QED) is 0.523. The summed E-state index contributed by atoms with van der Waals surface area (Å²) < 4.78 is 8.10. The van der Waals surface area contributed by atoms with E-state index in [4.69, 9.17) is 14.7 Å². The lowest BCUT2D eigenvalue weighted by Gasteiger charge is -2.34. The van der Waals surface area contributed by atoms with Crippen LogP contribution in [0.1, 0.15) is 11.4 Å². The zero-order chi connectivity index (χ0) is 20.5. The number of hydrogen-bond donors (Lipinski definition) is 0. The molecule has 0 amide bonds. The lowest BCUT2D eigenvalue weighted by Crippen LogP contribution is -2.45. The second-order valence-electron chi connectivity index (χ2n) is 7.68. The van der Waals surface area contributed by atoms with Gasteiger partial charge in [-0.1, -0.05) is 12.1 Å². The molecule has 0 N–H and O–H groups in total. The molecule has 1 aliphatic rings. The lowest BCUT2D eigenvalue weighted by molar-refractivity contribution is 0.0268. The van der Waals surface area contributed by atoms with E-state index in [1.165, 1.54) is 0 Å². The molecule has 5 rings (SSSR count). The van der Waals surface area contributed by atoms with E-state index in [0.29, 0.717) is 12.4 Å². The van der Waals surface area contributed by atoms with Crippen molar-refractivity contribution in [1.29, 1.82) is 0 Å². The first-order valence-electron chi connectivity index (χ1n) is 10.2. The van der Waals surface area contributed by atoms with Crippen LogP contribution in [0.4, 0.5) is 5.82 Å². The van der Waals surface area contributed by atoms with E-state index in [1.807, 2.05) is 41.9 Å². The van der Waals surface area contributed by atoms with E-state index in [1.54, 1.807) is 12.4 Å². The molecule has 30 heavy (non-hydrogen) atoms. The molecule has 0 aliphatic carbocycles. The summed E-state index contributed by atoms with van der Waals surface area (Å²) in [5.74, 6) is 1.64. The van der Waals surface area contributed by atoms with Crippen LogP contribution < -0.4 is 4.90 Å². The monoisotopic (exact) mass is 400 g/mol. The second-order valence-corrected chi connectivity index (χ2v) is 7.68. The highest BCUT2D eigenvalue weighted by Gasteiger charge is 2.25. The van der Waals surface area contributed by atoms with Crippen molar-refractivity contribution >= 4 is 16.7 Å². The number of nitrogens with zero attached hydrogens (tertiary/aromatic N) is 6. The summed E-state index contributed by atoms with van der Waals surface area (Å²) in [5.41, 5.74) is 4.03. The van der Waals surface area contributed by atoms with E-state index in [2.05, 4.69) is 34.0 Å². The standard InChI is InChI=1S/C23H24N6O/c1-16-12-17(2)29(27-16)15-19-14-28(10-11-30-19)23-20-7-3-4-8-21(20)25-22(26-23)18-6-5-9-24-13-18/h3-9,12-13,19H,10-11,14-15H2,1-2H3. The second kappa shape index (κ2) is 7.84. The zero-order valence-corrected chi connectivity index (χ0v) is 17.2. The Balaban J connectivity index is 1.49. The van der Waals surface area contributed by atoms with E-state index < -0.39 is 0 Å². The number of hydrogen-bond acceptors (Lipinski definition) is 6. The number of aryl methyl sites for hydroxylation is 2. The van der Waals surface area contributed by atoms with Crippen LogP contribution in [-0.4, -0.2) is 50.5 Å². The highest BCUT2D eigenvalue weighted by atomic mass is 16.5. The van der Waals surface area contributed by atoms with Crippen molar-refractivity contribution in [2.75, 3.05) is 24.6 Å². The van der Waals surface area contributed by atoms with E-state index in [9.17, 15) is 0 Å². The van der Waals surface area contributed by atoms with Crippen molar-refractivity contribution in [2.24, 2.45) is 0 Å². The van der Waals surface area contributed by atoms with Crippen LogP contribution in [0.25, 0.3) is 22.3 Å². The van der Waals surface area contributed by atoms with Gasteiger partial charge >= 0.3 is 0 Å². The summed E-state index contributed by atoms with van der Waals surface area (Å²) in [4.78, 5) is 16.3. The van der Waals surface area contributed by atoms with Crippen molar-refractivity contribution in [3.8, 4) is 11.4 Å². The van der Waals surface area contributed by atoms with Gasteiger partial charge in [0, 0.05) is 42.1 Å². The molecule has 1 saturated heterocycles. The smallest absolute Gasteiger partial charge is 0.163 e. The number of aromatic nitrogens is 5. The summed E-state index contributed by atoms with van der Waals surface area (Å²) in [7, 11) is 0. The zero-order valence-electron chi connectivity index (χ0n) is 17.2. The lowest BCUT2D eigenvalue weighted by atomic mass is 10.1. The Kier molecular flexibility index (Phi) is 4.88. The highest BCUT2D eigenvalue weighted by Crippen LogP contribution is 2.28. The molecular formula is C23H24N6O. The van der Waals surface area contributed by atoms with Crippen molar-refractivity contribution in [2.45, 2.75) is 26.5 Å². The molecule has 0 saturated carbocycles. The third kappa shape index (κ3) is 3.64. The predicted octanol–water partition coefficient (Wildman–Crippen LogP) is 3.41. The molecule has 152 valence electrons. The van der Waals surface area contributed by atoms with Gasteiger partial charge in [-0.2, -0.15) is 5.10 Å². The van der Waals surface area contributed by atoms with Gasteiger partial charge in [-0.15, -0.1) is 0 Å². The number of rotatable bonds is 4. The Morgan fingerprint density at radius 1 is 1.10 bits per heavy atom. The number of fused-ring (bicyclic) bond motifs is 1. The molecule has 4 heterocycles. The third-order valence-corrected chi connectivity index (χ3v) is 5.42. The van der Waals surface area contributed by atoms with E-state index in [-0.39, 0.29) is 6.10 Å². The normalized spacial score (nSPS) is 16.9. The number of benzene rings is 1. The van der Waals surface area contributed by atoms with Gasteiger partial charge < -0.3 is 9.64 Å². The summed E-state index contributed by atoms with van der Waals surface area (Å²) in [5, 5.41) is 5.64. The summed E-state index contributed by atoms with van der Waals surface area (Å²) >= 11 is 0. The van der Waals surface area contributed by atoms with Gasteiger partial charge in [-0.25, -0.2) is 9.97 Å². The molecule has 7 nitrogen and oxygen atoms in total. The van der Waals surface area contributed by atoms with Crippen LogP contribution in [0.15, 0.2) is 54.9 Å². The van der Waals surface area contributed by atoms with Crippen molar-refractivity contribution in [3.63, 3.8) is 0 Å². The fourth-order valence-electron chi connectivity index (χ4n) is 4.00. The fourth-order valence-corrected chi connectivity index (χ4v) is 4.00. The summed E-state index contributed by atoms with van der Waals surface area (Å²) in [6.45, 7) is 7.04. The number of para-hydroxylation sites is 1. The molecule has 1 atom stereocenters. The fraction of sp³-hybridized carbons (Fsp3) is 0.304. The maximum absolute atomic E-state index is 6.07. The molecule has 1 aromatic carbocycles. The maximum atomic E-state index is 6.07. The molecule has 1 fully saturated rings. The minimum Gasteiger partial charge on any atom is -0.373 e. The first-order valence-corrected chi connectivity index (χ1v) is 10.2. The summed E-state index contributed by atoms with van der Waals surface area (Å²) in [6.07, 6.45) is 3.61. The highest BCUT2D eigenvalue weighted by molar-refractivity contribution is 5.91. The van der Waals surface area contributed by atoms with Crippen molar-refractivity contribution in [3.05, 3.63) is 66.2 Å². The average Bonchev–Trinajstić information content (AvgIpc) is 3.10. The SMILES string of the molecule is Cc1cc(C)n(CC2CN(c3nc(-c4cccnc4)nc4ccccc34)CCO2)n1.